The molecule has 0 heterocycles. The van der Waals surface area contributed by atoms with Crippen LogP contribution in [-0.2, 0) is 10.0 Å². The van der Waals surface area contributed by atoms with Crippen LogP contribution in [0.5, 0.6) is 0 Å². The summed E-state index contributed by atoms with van der Waals surface area (Å²) in [6, 6.07) is 8.38. The molecule has 3 N–H and O–H groups in total. The Hall–Kier alpha value is -0.910. The van der Waals surface area contributed by atoms with Gasteiger partial charge in [0.05, 0.1) is 4.90 Å². The molecule has 0 aliphatic rings. The van der Waals surface area contributed by atoms with Gasteiger partial charge in [0.15, 0.2) is 0 Å². The van der Waals surface area contributed by atoms with E-state index in [1.807, 2.05) is 13.8 Å². The lowest BCUT2D eigenvalue weighted by Crippen LogP contribution is -2.46. The molecule has 1 aromatic rings. The van der Waals surface area contributed by atoms with Crippen LogP contribution in [0.2, 0.25) is 0 Å². The summed E-state index contributed by atoms with van der Waals surface area (Å²) >= 11 is 0. The molecule has 1 unspecified atom stereocenters. The number of hydrogen-bond acceptors (Lipinski definition) is 3. The van der Waals surface area contributed by atoms with Crippen molar-refractivity contribution in [3.63, 3.8) is 0 Å². The first kappa shape index (κ1) is 14.2. The van der Waals surface area contributed by atoms with Gasteiger partial charge in [0.2, 0.25) is 10.0 Å². The van der Waals surface area contributed by atoms with Crippen molar-refractivity contribution in [2.45, 2.75) is 37.1 Å². The summed E-state index contributed by atoms with van der Waals surface area (Å²) in [5.41, 5.74) is 5.03. The van der Waals surface area contributed by atoms with E-state index in [0.717, 1.165) is 0 Å². The van der Waals surface area contributed by atoms with Crippen molar-refractivity contribution in [2.75, 3.05) is 6.54 Å². The number of nitrogens with one attached hydrogen (secondary N) is 1. The van der Waals surface area contributed by atoms with Crippen LogP contribution in [0.15, 0.2) is 35.2 Å². The van der Waals surface area contributed by atoms with Crippen molar-refractivity contribution in [3.8, 4) is 0 Å². The summed E-state index contributed by atoms with van der Waals surface area (Å²) in [6.45, 7) is 4.28. The van der Waals surface area contributed by atoms with Gasteiger partial charge in [-0.05, 0) is 38.4 Å². The van der Waals surface area contributed by atoms with E-state index in [0.29, 0.717) is 19.4 Å². The second-order valence-electron chi connectivity index (χ2n) is 4.37. The molecule has 0 saturated heterocycles. The largest absolute Gasteiger partial charge is 0.330 e. The molecule has 0 amide bonds. The summed E-state index contributed by atoms with van der Waals surface area (Å²) in [6.07, 6.45) is 1.33. The van der Waals surface area contributed by atoms with E-state index in [1.165, 1.54) is 0 Å². The highest BCUT2D eigenvalue weighted by Crippen LogP contribution is 2.18. The standard InChI is InChI=1S/C12H20N2O2S/c1-3-12(2,9-10-13)14-17(15,16)11-7-5-4-6-8-11/h4-8,14H,3,9-10,13H2,1-2H3. The van der Waals surface area contributed by atoms with Crippen LogP contribution in [-0.4, -0.2) is 20.5 Å². The molecule has 96 valence electrons. The SMILES string of the molecule is CCC(C)(CCN)NS(=O)(=O)c1ccccc1. The highest BCUT2D eigenvalue weighted by molar-refractivity contribution is 7.89. The molecule has 0 aliphatic heterocycles. The fourth-order valence-electron chi connectivity index (χ4n) is 1.60. The third-order valence-corrected chi connectivity index (χ3v) is 4.57. The van der Waals surface area contributed by atoms with Crippen molar-refractivity contribution < 1.29 is 8.42 Å². The Bertz CT molecular complexity index is 445. The van der Waals surface area contributed by atoms with Gasteiger partial charge in [0.25, 0.3) is 0 Å². The van der Waals surface area contributed by atoms with Crippen molar-refractivity contribution in [1.82, 2.24) is 4.72 Å². The van der Waals surface area contributed by atoms with Gasteiger partial charge in [-0.25, -0.2) is 13.1 Å². The normalized spacial score (nSPS) is 15.5. The predicted molar refractivity (Wildman–Crippen MR) is 69.1 cm³/mol. The summed E-state index contributed by atoms with van der Waals surface area (Å²) in [5, 5.41) is 0. The zero-order chi connectivity index (χ0) is 12.9. The Kier molecular flexibility index (Phi) is 4.68. The van der Waals surface area contributed by atoms with Crippen LogP contribution >= 0.6 is 0 Å². The minimum atomic E-state index is -3.46. The Labute approximate surface area is 103 Å². The van der Waals surface area contributed by atoms with Crippen LogP contribution < -0.4 is 10.5 Å². The molecule has 0 saturated carbocycles. The van der Waals surface area contributed by atoms with Gasteiger partial charge in [0, 0.05) is 5.54 Å². The quantitative estimate of drug-likeness (QED) is 0.810. The van der Waals surface area contributed by atoms with Gasteiger partial charge < -0.3 is 5.73 Å². The molecule has 1 atom stereocenters. The minimum absolute atomic E-state index is 0.289. The van der Waals surface area contributed by atoms with Crippen LogP contribution in [0, 0.1) is 0 Å². The number of rotatable bonds is 6. The first-order valence-corrected chi connectivity index (χ1v) is 7.21. The van der Waals surface area contributed by atoms with Crippen molar-refractivity contribution in [2.24, 2.45) is 5.73 Å². The lowest BCUT2D eigenvalue weighted by atomic mass is 9.96. The second kappa shape index (κ2) is 5.62. The Morgan fingerprint density at radius 3 is 2.35 bits per heavy atom. The first-order chi connectivity index (χ1) is 7.93. The first-order valence-electron chi connectivity index (χ1n) is 5.72. The maximum Gasteiger partial charge on any atom is 0.241 e. The fourth-order valence-corrected chi connectivity index (χ4v) is 3.13. The highest BCUT2D eigenvalue weighted by Gasteiger charge is 2.28. The van der Waals surface area contributed by atoms with E-state index in [1.54, 1.807) is 30.3 Å². The molecule has 0 aromatic heterocycles. The average Bonchev–Trinajstić information content (AvgIpc) is 2.30. The molecule has 0 radical (unpaired) electrons. The highest BCUT2D eigenvalue weighted by atomic mass is 32.2. The van der Waals surface area contributed by atoms with Gasteiger partial charge in [-0.15, -0.1) is 0 Å². The zero-order valence-corrected chi connectivity index (χ0v) is 11.1. The smallest absolute Gasteiger partial charge is 0.241 e. The molecule has 5 heteroatoms. The lowest BCUT2D eigenvalue weighted by Gasteiger charge is -2.28. The monoisotopic (exact) mass is 256 g/mol. The molecule has 17 heavy (non-hydrogen) atoms. The van der Waals surface area contributed by atoms with Gasteiger partial charge >= 0.3 is 0 Å². The average molecular weight is 256 g/mol. The number of sulfonamides is 1. The van der Waals surface area contributed by atoms with Crippen LogP contribution in [0.3, 0.4) is 0 Å². The molecular weight excluding hydrogens is 236 g/mol. The Balaban J connectivity index is 2.94. The Morgan fingerprint density at radius 1 is 1.29 bits per heavy atom. The lowest BCUT2D eigenvalue weighted by molar-refractivity contribution is 0.379. The van der Waals surface area contributed by atoms with Gasteiger partial charge in [-0.2, -0.15) is 0 Å². The summed E-state index contributed by atoms with van der Waals surface area (Å²) in [7, 11) is -3.46. The van der Waals surface area contributed by atoms with Gasteiger partial charge in [-0.3, -0.25) is 0 Å². The second-order valence-corrected chi connectivity index (χ2v) is 6.05. The molecule has 1 rings (SSSR count). The van der Waals surface area contributed by atoms with Crippen LogP contribution in [0.4, 0.5) is 0 Å². The maximum absolute atomic E-state index is 12.1. The molecule has 4 nitrogen and oxygen atoms in total. The zero-order valence-electron chi connectivity index (χ0n) is 10.3. The van der Waals surface area contributed by atoms with E-state index in [-0.39, 0.29) is 4.90 Å². The van der Waals surface area contributed by atoms with E-state index in [9.17, 15) is 8.42 Å². The Morgan fingerprint density at radius 2 is 1.88 bits per heavy atom. The molecule has 1 aromatic carbocycles. The van der Waals surface area contributed by atoms with Crippen LogP contribution in [0.1, 0.15) is 26.7 Å². The summed E-state index contributed by atoms with van der Waals surface area (Å²) in [5.74, 6) is 0. The van der Waals surface area contributed by atoms with Crippen molar-refractivity contribution in [1.29, 1.82) is 0 Å². The molecule has 0 spiro atoms. The molecule has 0 fully saturated rings. The molecule has 0 bridgehead atoms. The molecular formula is C12H20N2O2S. The van der Waals surface area contributed by atoms with Gasteiger partial charge in [0.1, 0.15) is 0 Å². The van der Waals surface area contributed by atoms with Crippen LogP contribution in [0.25, 0.3) is 0 Å². The predicted octanol–water partition coefficient (Wildman–Crippen LogP) is 1.48. The van der Waals surface area contributed by atoms with E-state index in [2.05, 4.69) is 4.72 Å². The number of hydrogen-bond donors (Lipinski definition) is 2. The topological polar surface area (TPSA) is 72.2 Å². The number of nitrogens with two attached hydrogens (primary N) is 1. The van der Waals surface area contributed by atoms with E-state index < -0.39 is 15.6 Å². The molecule has 0 aliphatic carbocycles. The summed E-state index contributed by atoms with van der Waals surface area (Å²) in [4.78, 5) is 0.289. The minimum Gasteiger partial charge on any atom is -0.330 e. The van der Waals surface area contributed by atoms with Crippen molar-refractivity contribution >= 4 is 10.0 Å². The van der Waals surface area contributed by atoms with E-state index >= 15 is 0 Å². The summed E-state index contributed by atoms with van der Waals surface area (Å²) < 4.78 is 27.0. The number of benzene rings is 1. The van der Waals surface area contributed by atoms with E-state index in [4.69, 9.17) is 5.73 Å². The van der Waals surface area contributed by atoms with Gasteiger partial charge in [-0.1, -0.05) is 25.1 Å². The third-order valence-electron chi connectivity index (χ3n) is 2.91. The van der Waals surface area contributed by atoms with Crippen molar-refractivity contribution in [3.05, 3.63) is 30.3 Å². The third kappa shape index (κ3) is 3.80. The fraction of sp³-hybridized carbons (Fsp3) is 0.500. The maximum atomic E-state index is 12.1.